The molecule has 3 heteroatoms. The third kappa shape index (κ3) is 3.14. The maximum Gasteiger partial charge on any atom is 0.127 e. The number of hydrogen-bond acceptors (Lipinski definition) is 2. The SMILES string of the molecule is CC1(C)CNC2(CCCCC2)CN1Cc1ccccc1F. The summed E-state index contributed by atoms with van der Waals surface area (Å²) in [5.74, 6) is -0.0791. The number of benzene rings is 1. The van der Waals surface area contributed by atoms with E-state index in [0.29, 0.717) is 6.54 Å². The lowest BCUT2D eigenvalue weighted by atomic mass is 9.77. The molecule has 1 aromatic rings. The van der Waals surface area contributed by atoms with Gasteiger partial charge >= 0.3 is 0 Å². The van der Waals surface area contributed by atoms with Crippen molar-refractivity contribution in [2.45, 2.75) is 63.6 Å². The Hall–Kier alpha value is -0.930. The first-order valence-electron chi connectivity index (χ1n) is 8.24. The normalized spacial score (nSPS) is 25.1. The van der Waals surface area contributed by atoms with Crippen LogP contribution >= 0.6 is 0 Å². The smallest absolute Gasteiger partial charge is 0.127 e. The van der Waals surface area contributed by atoms with Crippen molar-refractivity contribution < 1.29 is 4.39 Å². The quantitative estimate of drug-likeness (QED) is 0.893. The van der Waals surface area contributed by atoms with E-state index in [1.54, 1.807) is 12.1 Å². The second kappa shape index (κ2) is 5.69. The largest absolute Gasteiger partial charge is 0.308 e. The van der Waals surface area contributed by atoms with Crippen molar-refractivity contribution in [3.63, 3.8) is 0 Å². The summed E-state index contributed by atoms with van der Waals surface area (Å²) in [4.78, 5) is 2.48. The summed E-state index contributed by atoms with van der Waals surface area (Å²) in [6.45, 7) is 7.26. The molecule has 2 nitrogen and oxygen atoms in total. The zero-order valence-electron chi connectivity index (χ0n) is 13.3. The van der Waals surface area contributed by atoms with Crippen LogP contribution in [-0.2, 0) is 6.54 Å². The van der Waals surface area contributed by atoms with E-state index in [2.05, 4.69) is 24.1 Å². The molecule has 0 radical (unpaired) electrons. The molecule has 2 aliphatic rings. The third-order valence-electron chi connectivity index (χ3n) is 5.38. The fourth-order valence-electron chi connectivity index (χ4n) is 3.82. The average molecular weight is 290 g/mol. The maximum absolute atomic E-state index is 14.0. The molecule has 0 aromatic heterocycles. The predicted octanol–water partition coefficient (Wildman–Crippen LogP) is 3.71. The third-order valence-corrected chi connectivity index (χ3v) is 5.38. The van der Waals surface area contributed by atoms with Gasteiger partial charge in [0, 0.05) is 36.3 Å². The lowest BCUT2D eigenvalue weighted by Gasteiger charge is -2.53. The van der Waals surface area contributed by atoms with Crippen molar-refractivity contribution in [3.8, 4) is 0 Å². The minimum absolute atomic E-state index is 0.0744. The highest BCUT2D eigenvalue weighted by Crippen LogP contribution is 2.35. The van der Waals surface area contributed by atoms with Gasteiger partial charge in [0.15, 0.2) is 0 Å². The zero-order chi connectivity index (χ0) is 14.9. The Bertz CT molecular complexity index is 492. The highest BCUT2D eigenvalue weighted by Gasteiger charge is 2.43. The molecule has 116 valence electrons. The molecule has 3 rings (SSSR count). The summed E-state index contributed by atoms with van der Waals surface area (Å²) >= 11 is 0. The monoisotopic (exact) mass is 290 g/mol. The molecule has 1 saturated carbocycles. The van der Waals surface area contributed by atoms with Crippen molar-refractivity contribution in [3.05, 3.63) is 35.6 Å². The molecule has 0 bridgehead atoms. The molecule has 0 atom stereocenters. The minimum atomic E-state index is -0.0791. The molecular weight excluding hydrogens is 263 g/mol. The van der Waals surface area contributed by atoms with Crippen LogP contribution in [0, 0.1) is 5.82 Å². The lowest BCUT2D eigenvalue weighted by Crippen LogP contribution is -2.68. The molecule has 0 unspecified atom stereocenters. The first-order valence-corrected chi connectivity index (χ1v) is 8.24. The molecule has 1 saturated heterocycles. The molecule has 0 amide bonds. The van der Waals surface area contributed by atoms with Gasteiger partial charge < -0.3 is 5.32 Å². The summed E-state index contributed by atoms with van der Waals surface area (Å²) in [7, 11) is 0. The second-order valence-corrected chi connectivity index (χ2v) is 7.45. The van der Waals surface area contributed by atoms with Crippen LogP contribution in [0.5, 0.6) is 0 Å². The predicted molar refractivity (Wildman–Crippen MR) is 84.7 cm³/mol. The summed E-state index contributed by atoms with van der Waals surface area (Å²) in [6.07, 6.45) is 6.52. The van der Waals surface area contributed by atoms with Gasteiger partial charge in [0.2, 0.25) is 0 Å². The van der Waals surface area contributed by atoms with Gasteiger partial charge in [-0.1, -0.05) is 37.5 Å². The van der Waals surface area contributed by atoms with Crippen molar-refractivity contribution in [1.29, 1.82) is 0 Å². The summed E-state index contributed by atoms with van der Waals surface area (Å²) in [6, 6.07) is 7.19. The van der Waals surface area contributed by atoms with Crippen molar-refractivity contribution in [2.75, 3.05) is 13.1 Å². The van der Waals surface area contributed by atoms with Crippen LogP contribution in [0.3, 0.4) is 0 Å². The van der Waals surface area contributed by atoms with Gasteiger partial charge in [0.1, 0.15) is 5.82 Å². The second-order valence-electron chi connectivity index (χ2n) is 7.45. The number of hydrogen-bond donors (Lipinski definition) is 1. The van der Waals surface area contributed by atoms with Gasteiger partial charge in [0.25, 0.3) is 0 Å². The van der Waals surface area contributed by atoms with Crippen LogP contribution in [0.25, 0.3) is 0 Å². The van der Waals surface area contributed by atoms with Gasteiger partial charge in [-0.25, -0.2) is 4.39 Å². The van der Waals surface area contributed by atoms with Crippen LogP contribution in [0.15, 0.2) is 24.3 Å². The minimum Gasteiger partial charge on any atom is -0.308 e. The molecule has 1 heterocycles. The molecule has 1 aromatic carbocycles. The van der Waals surface area contributed by atoms with E-state index in [-0.39, 0.29) is 16.9 Å². The molecule has 1 N–H and O–H groups in total. The van der Waals surface area contributed by atoms with E-state index < -0.39 is 0 Å². The fourth-order valence-corrected chi connectivity index (χ4v) is 3.82. The Morgan fingerprint density at radius 3 is 2.57 bits per heavy atom. The van der Waals surface area contributed by atoms with E-state index in [4.69, 9.17) is 0 Å². The van der Waals surface area contributed by atoms with Crippen LogP contribution in [0.2, 0.25) is 0 Å². The Morgan fingerprint density at radius 2 is 1.86 bits per heavy atom. The molecule has 2 fully saturated rings. The number of nitrogens with one attached hydrogen (secondary N) is 1. The molecule has 1 spiro atoms. The van der Waals surface area contributed by atoms with Gasteiger partial charge in [-0.2, -0.15) is 0 Å². The Morgan fingerprint density at radius 1 is 1.14 bits per heavy atom. The lowest BCUT2D eigenvalue weighted by molar-refractivity contribution is 0.00422. The summed E-state index contributed by atoms with van der Waals surface area (Å²) < 4.78 is 14.0. The standard InChI is InChI=1S/C18H27FN2/c1-17(2)13-20-18(10-6-3-7-11-18)14-21(17)12-15-8-4-5-9-16(15)19/h4-5,8-9,20H,3,6-7,10-14H2,1-2H3. The number of halogens is 1. The van der Waals surface area contributed by atoms with E-state index in [9.17, 15) is 4.39 Å². The fraction of sp³-hybridized carbons (Fsp3) is 0.667. The van der Waals surface area contributed by atoms with E-state index in [1.807, 2.05) is 12.1 Å². The summed E-state index contributed by atoms with van der Waals surface area (Å²) in [5, 5.41) is 3.82. The van der Waals surface area contributed by atoms with Crippen LogP contribution < -0.4 is 5.32 Å². The molecular formula is C18H27FN2. The molecule has 1 aliphatic carbocycles. The highest BCUT2D eigenvalue weighted by molar-refractivity contribution is 5.18. The van der Waals surface area contributed by atoms with Crippen molar-refractivity contribution in [2.24, 2.45) is 0 Å². The number of rotatable bonds is 2. The van der Waals surface area contributed by atoms with Crippen LogP contribution in [-0.4, -0.2) is 29.1 Å². The van der Waals surface area contributed by atoms with Crippen molar-refractivity contribution in [1.82, 2.24) is 10.2 Å². The average Bonchev–Trinajstić information content (AvgIpc) is 2.47. The molecule has 1 aliphatic heterocycles. The Balaban J connectivity index is 1.79. The van der Waals surface area contributed by atoms with Crippen molar-refractivity contribution >= 4 is 0 Å². The van der Waals surface area contributed by atoms with Gasteiger partial charge in [-0.15, -0.1) is 0 Å². The Labute approximate surface area is 127 Å². The molecule has 21 heavy (non-hydrogen) atoms. The topological polar surface area (TPSA) is 15.3 Å². The Kier molecular flexibility index (Phi) is 4.06. The highest BCUT2D eigenvalue weighted by atomic mass is 19.1. The zero-order valence-corrected chi connectivity index (χ0v) is 13.3. The number of piperazine rings is 1. The first-order chi connectivity index (χ1) is 10.0. The van der Waals surface area contributed by atoms with Crippen LogP contribution in [0.1, 0.15) is 51.5 Å². The van der Waals surface area contributed by atoms with Gasteiger partial charge in [-0.05, 0) is 32.8 Å². The first kappa shape index (κ1) is 15.0. The van der Waals surface area contributed by atoms with E-state index in [1.165, 1.54) is 32.1 Å². The number of nitrogens with zero attached hydrogens (tertiary/aromatic N) is 1. The maximum atomic E-state index is 14.0. The summed E-state index contributed by atoms with van der Waals surface area (Å²) in [5.41, 5.74) is 1.16. The van der Waals surface area contributed by atoms with Gasteiger partial charge in [0.05, 0.1) is 0 Å². The van der Waals surface area contributed by atoms with E-state index >= 15 is 0 Å². The van der Waals surface area contributed by atoms with Gasteiger partial charge in [-0.3, -0.25) is 4.90 Å². The van der Waals surface area contributed by atoms with Crippen LogP contribution in [0.4, 0.5) is 4.39 Å². The van der Waals surface area contributed by atoms with E-state index in [0.717, 1.165) is 18.7 Å².